The van der Waals surface area contributed by atoms with E-state index in [2.05, 4.69) is 20.7 Å². The lowest BCUT2D eigenvalue weighted by atomic mass is 9.91. The number of benzene rings is 1. The lowest BCUT2D eigenvalue weighted by molar-refractivity contribution is -0.178. The SMILES string of the molecule is COC(=O)C(C)(C(=O)c1ccc(Br)cc1)N(O)C(=O)OC(C)(C)C. The van der Waals surface area contributed by atoms with Gasteiger partial charge in [-0.05, 0) is 39.8 Å². The van der Waals surface area contributed by atoms with Crippen LogP contribution >= 0.6 is 15.9 Å². The smallest absolute Gasteiger partial charge is 0.435 e. The molecule has 1 amide bonds. The molecule has 1 aromatic carbocycles. The van der Waals surface area contributed by atoms with Crippen LogP contribution in [-0.4, -0.2) is 46.4 Å². The van der Waals surface area contributed by atoms with E-state index in [0.29, 0.717) is 0 Å². The van der Waals surface area contributed by atoms with Gasteiger partial charge in [-0.15, -0.1) is 0 Å². The summed E-state index contributed by atoms with van der Waals surface area (Å²) in [5.74, 6) is -1.90. The van der Waals surface area contributed by atoms with Crippen molar-refractivity contribution in [1.29, 1.82) is 0 Å². The molecule has 7 nitrogen and oxygen atoms in total. The number of esters is 1. The van der Waals surface area contributed by atoms with Crippen LogP contribution in [-0.2, 0) is 14.3 Å². The summed E-state index contributed by atoms with van der Waals surface area (Å²) in [4.78, 5) is 37.0. The number of halogens is 1. The quantitative estimate of drug-likeness (QED) is 0.273. The first-order valence-electron chi connectivity index (χ1n) is 7.04. The molecule has 132 valence electrons. The molecular formula is C16H20BrNO6. The van der Waals surface area contributed by atoms with Gasteiger partial charge in [0, 0.05) is 10.0 Å². The van der Waals surface area contributed by atoms with Crippen molar-refractivity contribution in [3.8, 4) is 0 Å². The first kappa shape index (κ1) is 20.1. The van der Waals surface area contributed by atoms with E-state index in [1.54, 1.807) is 32.9 Å². The Morgan fingerprint density at radius 2 is 1.58 bits per heavy atom. The maximum absolute atomic E-state index is 12.8. The predicted octanol–water partition coefficient (Wildman–Crippen LogP) is 3.19. The Bertz CT molecular complexity index is 637. The average molecular weight is 402 g/mol. The molecule has 0 saturated carbocycles. The van der Waals surface area contributed by atoms with Crippen molar-refractivity contribution in [1.82, 2.24) is 5.06 Å². The Kier molecular flexibility index (Phi) is 6.13. The molecule has 1 unspecified atom stereocenters. The minimum Gasteiger partial charge on any atom is -0.467 e. The topological polar surface area (TPSA) is 93.1 Å². The zero-order valence-corrected chi connectivity index (χ0v) is 15.7. The number of ether oxygens (including phenoxy) is 2. The molecule has 0 spiro atoms. The molecule has 0 saturated heterocycles. The molecule has 24 heavy (non-hydrogen) atoms. The Morgan fingerprint density at radius 3 is 2.00 bits per heavy atom. The van der Waals surface area contributed by atoms with Crippen molar-refractivity contribution in [3.05, 3.63) is 34.3 Å². The predicted molar refractivity (Wildman–Crippen MR) is 88.8 cm³/mol. The van der Waals surface area contributed by atoms with Crippen LogP contribution in [0.1, 0.15) is 38.1 Å². The Balaban J connectivity index is 3.27. The molecule has 0 aliphatic heterocycles. The summed E-state index contributed by atoms with van der Waals surface area (Å²) in [6.45, 7) is 5.85. The standard InChI is InChI=1S/C16H20BrNO6/c1-15(2,3)24-14(21)18(22)16(4,13(20)23-5)12(19)10-6-8-11(17)9-7-10/h6-9,22H,1-5H3. The molecule has 0 fully saturated rings. The summed E-state index contributed by atoms with van der Waals surface area (Å²) >= 11 is 3.24. The van der Waals surface area contributed by atoms with E-state index < -0.39 is 29.0 Å². The minimum absolute atomic E-state index is 0.0333. The normalized spacial score (nSPS) is 13.6. The molecular weight excluding hydrogens is 382 g/mol. The van der Waals surface area contributed by atoms with Crippen LogP contribution in [0.25, 0.3) is 0 Å². The number of hydroxylamine groups is 2. The number of rotatable bonds is 4. The highest BCUT2D eigenvalue weighted by Crippen LogP contribution is 2.24. The average Bonchev–Trinajstić information content (AvgIpc) is 2.50. The van der Waals surface area contributed by atoms with Gasteiger partial charge in [0.15, 0.2) is 0 Å². The molecule has 8 heteroatoms. The van der Waals surface area contributed by atoms with E-state index in [1.807, 2.05) is 0 Å². The van der Waals surface area contributed by atoms with E-state index in [-0.39, 0.29) is 10.6 Å². The summed E-state index contributed by atoms with van der Waals surface area (Å²) in [5.41, 5.74) is -3.09. The van der Waals surface area contributed by atoms with Crippen molar-refractivity contribution in [2.24, 2.45) is 0 Å². The lowest BCUT2D eigenvalue weighted by Crippen LogP contribution is -2.60. The second-order valence-corrected chi connectivity index (χ2v) is 7.11. The molecule has 0 aliphatic rings. The second kappa shape index (κ2) is 7.31. The van der Waals surface area contributed by atoms with Gasteiger partial charge >= 0.3 is 12.1 Å². The highest BCUT2D eigenvalue weighted by Gasteiger charge is 2.51. The molecule has 0 aliphatic carbocycles. The highest BCUT2D eigenvalue weighted by molar-refractivity contribution is 9.10. The van der Waals surface area contributed by atoms with Crippen molar-refractivity contribution in [3.63, 3.8) is 0 Å². The maximum Gasteiger partial charge on any atom is 0.435 e. The first-order chi connectivity index (χ1) is 10.9. The van der Waals surface area contributed by atoms with Gasteiger partial charge in [-0.3, -0.25) is 10.0 Å². The van der Waals surface area contributed by atoms with Crippen LogP contribution in [0.2, 0.25) is 0 Å². The zero-order valence-electron chi connectivity index (χ0n) is 14.1. The Labute approximate surface area is 148 Å². The van der Waals surface area contributed by atoms with Gasteiger partial charge in [-0.2, -0.15) is 5.06 Å². The number of Topliss-reactive ketones (excluding diaryl/α,β-unsaturated/α-hetero) is 1. The molecule has 1 atom stereocenters. The number of hydrogen-bond donors (Lipinski definition) is 1. The number of nitrogens with zero attached hydrogens (tertiary/aromatic N) is 1. The summed E-state index contributed by atoms with van der Waals surface area (Å²) in [5, 5.41) is 10.2. The molecule has 0 aromatic heterocycles. The summed E-state index contributed by atoms with van der Waals surface area (Å²) in [7, 11) is 1.05. The number of methoxy groups -OCH3 is 1. The van der Waals surface area contributed by atoms with E-state index in [9.17, 15) is 19.6 Å². The van der Waals surface area contributed by atoms with Gasteiger partial charge in [-0.1, -0.05) is 28.1 Å². The van der Waals surface area contributed by atoms with Crippen molar-refractivity contribution >= 4 is 33.8 Å². The van der Waals surface area contributed by atoms with Gasteiger partial charge in [0.1, 0.15) is 5.60 Å². The third kappa shape index (κ3) is 4.33. The molecule has 0 radical (unpaired) electrons. The van der Waals surface area contributed by atoms with Gasteiger partial charge in [0.05, 0.1) is 7.11 Å². The summed E-state index contributed by atoms with van der Waals surface area (Å²) < 4.78 is 10.3. The number of amides is 1. The van der Waals surface area contributed by atoms with Crippen LogP contribution in [0.4, 0.5) is 4.79 Å². The lowest BCUT2D eigenvalue weighted by Gasteiger charge is -2.33. The Hall–Kier alpha value is -1.93. The third-order valence-corrected chi connectivity index (χ3v) is 3.65. The van der Waals surface area contributed by atoms with Crippen molar-refractivity contribution < 1.29 is 29.1 Å². The number of carbonyl (C=O) groups excluding carboxylic acids is 3. The van der Waals surface area contributed by atoms with E-state index >= 15 is 0 Å². The van der Waals surface area contributed by atoms with E-state index in [4.69, 9.17) is 4.74 Å². The number of ketones is 1. The third-order valence-electron chi connectivity index (χ3n) is 3.12. The van der Waals surface area contributed by atoms with Crippen LogP contribution in [0, 0.1) is 0 Å². The minimum atomic E-state index is -2.29. The van der Waals surface area contributed by atoms with Crippen LogP contribution in [0.3, 0.4) is 0 Å². The highest BCUT2D eigenvalue weighted by atomic mass is 79.9. The maximum atomic E-state index is 12.8. The van der Waals surface area contributed by atoms with E-state index in [0.717, 1.165) is 18.5 Å². The van der Waals surface area contributed by atoms with Gasteiger partial charge < -0.3 is 9.47 Å². The largest absolute Gasteiger partial charge is 0.467 e. The van der Waals surface area contributed by atoms with Gasteiger partial charge in [0.25, 0.3) is 0 Å². The number of carbonyl (C=O) groups is 3. The van der Waals surface area contributed by atoms with Crippen molar-refractivity contribution in [2.45, 2.75) is 38.8 Å². The van der Waals surface area contributed by atoms with Crippen molar-refractivity contribution in [2.75, 3.05) is 7.11 Å². The van der Waals surface area contributed by atoms with Crippen LogP contribution in [0.15, 0.2) is 28.7 Å². The molecule has 1 aromatic rings. The fourth-order valence-electron chi connectivity index (χ4n) is 1.84. The van der Waals surface area contributed by atoms with Crippen LogP contribution in [0.5, 0.6) is 0 Å². The summed E-state index contributed by atoms with van der Waals surface area (Å²) in [6.07, 6.45) is -1.24. The monoisotopic (exact) mass is 401 g/mol. The van der Waals surface area contributed by atoms with Gasteiger partial charge in [-0.25, -0.2) is 9.59 Å². The zero-order chi connectivity index (χ0) is 18.7. The first-order valence-corrected chi connectivity index (χ1v) is 7.83. The molecule has 1 N–H and O–H groups in total. The Morgan fingerprint density at radius 1 is 1.08 bits per heavy atom. The second-order valence-electron chi connectivity index (χ2n) is 6.19. The number of hydrogen-bond acceptors (Lipinski definition) is 6. The fraction of sp³-hybridized carbons (Fsp3) is 0.438. The molecule has 0 heterocycles. The molecule has 1 rings (SSSR count). The van der Waals surface area contributed by atoms with E-state index in [1.165, 1.54) is 12.1 Å². The fourth-order valence-corrected chi connectivity index (χ4v) is 2.11. The molecule has 0 bridgehead atoms. The van der Waals surface area contributed by atoms with Crippen LogP contribution < -0.4 is 0 Å². The van der Waals surface area contributed by atoms with Gasteiger partial charge in [0.2, 0.25) is 11.3 Å². The summed E-state index contributed by atoms with van der Waals surface area (Å²) in [6, 6.07) is 6.10.